The van der Waals surface area contributed by atoms with Crippen molar-refractivity contribution in [3.05, 3.63) is 23.8 Å². The van der Waals surface area contributed by atoms with E-state index in [4.69, 9.17) is 9.47 Å². The van der Waals surface area contributed by atoms with Crippen LogP contribution in [0.2, 0.25) is 0 Å². The summed E-state index contributed by atoms with van der Waals surface area (Å²) in [6, 6.07) is 4.88. The predicted molar refractivity (Wildman–Crippen MR) is 83.4 cm³/mol. The van der Waals surface area contributed by atoms with Gasteiger partial charge in [-0.2, -0.15) is 0 Å². The van der Waals surface area contributed by atoms with Crippen LogP contribution in [-0.2, 0) is 14.3 Å². The quantitative estimate of drug-likeness (QED) is 0.802. The van der Waals surface area contributed by atoms with Gasteiger partial charge in [0.1, 0.15) is 5.75 Å². The molecule has 0 bridgehead atoms. The summed E-state index contributed by atoms with van der Waals surface area (Å²) >= 11 is 0. The Hall–Kier alpha value is -2.57. The molecule has 0 saturated carbocycles. The molecule has 7 nitrogen and oxygen atoms in total. The highest BCUT2D eigenvalue weighted by Crippen LogP contribution is 2.28. The zero-order valence-corrected chi connectivity index (χ0v) is 13.3. The second-order valence-electron chi connectivity index (χ2n) is 4.99. The smallest absolute Gasteiger partial charge is 0.307 e. The van der Waals surface area contributed by atoms with Crippen LogP contribution in [0.5, 0.6) is 5.75 Å². The fourth-order valence-electron chi connectivity index (χ4n) is 2.26. The van der Waals surface area contributed by atoms with E-state index in [1.165, 1.54) is 0 Å². The highest BCUT2D eigenvalue weighted by atomic mass is 16.5. The standard InChI is InChI=1S/C16H20N2O5/c1-3-18(8-7-15(20)22-4-2)16(21)11-5-6-13-12(9-11)17-14(19)10-23-13/h5-6,9H,3-4,7-8,10H2,1-2H3,(H,17,19). The summed E-state index contributed by atoms with van der Waals surface area (Å²) in [5.41, 5.74) is 0.911. The Morgan fingerprint density at radius 1 is 1.35 bits per heavy atom. The number of anilines is 1. The molecular weight excluding hydrogens is 300 g/mol. The van der Waals surface area contributed by atoms with E-state index in [-0.39, 0.29) is 37.4 Å². The molecule has 1 aromatic rings. The first-order valence-electron chi connectivity index (χ1n) is 7.56. The lowest BCUT2D eigenvalue weighted by atomic mass is 10.1. The summed E-state index contributed by atoms with van der Waals surface area (Å²) in [5.74, 6) is -0.253. The number of carbonyl (C=O) groups excluding carboxylic acids is 3. The Balaban J connectivity index is 2.07. The molecule has 0 fully saturated rings. The van der Waals surface area contributed by atoms with Crippen LogP contribution >= 0.6 is 0 Å². The van der Waals surface area contributed by atoms with E-state index in [2.05, 4.69) is 5.32 Å². The van der Waals surface area contributed by atoms with Gasteiger partial charge in [0.2, 0.25) is 0 Å². The lowest BCUT2D eigenvalue weighted by Gasteiger charge is -2.22. The second-order valence-corrected chi connectivity index (χ2v) is 4.99. The van der Waals surface area contributed by atoms with Gasteiger partial charge in [0.25, 0.3) is 11.8 Å². The predicted octanol–water partition coefficient (Wildman–Crippen LogP) is 1.43. The van der Waals surface area contributed by atoms with E-state index in [1.54, 1.807) is 30.0 Å². The van der Waals surface area contributed by atoms with Gasteiger partial charge in [-0.15, -0.1) is 0 Å². The molecule has 2 amide bonds. The Morgan fingerprint density at radius 3 is 2.83 bits per heavy atom. The number of carbonyl (C=O) groups is 3. The minimum absolute atomic E-state index is 0.0269. The second kappa shape index (κ2) is 7.62. The fourth-order valence-corrected chi connectivity index (χ4v) is 2.26. The van der Waals surface area contributed by atoms with Crippen molar-refractivity contribution in [3.8, 4) is 5.75 Å². The molecule has 1 aromatic carbocycles. The van der Waals surface area contributed by atoms with Gasteiger partial charge in [-0.25, -0.2) is 0 Å². The molecule has 0 atom stereocenters. The average Bonchev–Trinajstić information content (AvgIpc) is 2.54. The fraction of sp³-hybridized carbons (Fsp3) is 0.438. The Labute approximate surface area is 134 Å². The summed E-state index contributed by atoms with van der Waals surface area (Å²) in [7, 11) is 0. The number of benzene rings is 1. The summed E-state index contributed by atoms with van der Waals surface area (Å²) in [6.07, 6.45) is 0.151. The Kier molecular flexibility index (Phi) is 5.56. The number of ether oxygens (including phenoxy) is 2. The van der Waals surface area contributed by atoms with Crippen LogP contribution in [0.25, 0.3) is 0 Å². The van der Waals surface area contributed by atoms with Crippen molar-refractivity contribution >= 4 is 23.5 Å². The number of nitrogens with zero attached hydrogens (tertiary/aromatic N) is 1. The van der Waals surface area contributed by atoms with Gasteiger partial charge in [-0.1, -0.05) is 0 Å². The molecular formula is C16H20N2O5. The van der Waals surface area contributed by atoms with Crippen LogP contribution in [-0.4, -0.2) is 49.0 Å². The van der Waals surface area contributed by atoms with Crippen LogP contribution in [0.4, 0.5) is 5.69 Å². The van der Waals surface area contributed by atoms with Gasteiger partial charge >= 0.3 is 5.97 Å². The van der Waals surface area contributed by atoms with Crippen LogP contribution in [0.3, 0.4) is 0 Å². The minimum atomic E-state index is -0.329. The number of rotatable bonds is 6. The third-order valence-corrected chi connectivity index (χ3v) is 3.42. The van der Waals surface area contributed by atoms with E-state index in [1.807, 2.05) is 6.92 Å². The normalized spacial score (nSPS) is 12.7. The maximum atomic E-state index is 12.5. The minimum Gasteiger partial charge on any atom is -0.482 e. The summed E-state index contributed by atoms with van der Waals surface area (Å²) in [5, 5.41) is 2.67. The molecule has 0 aliphatic carbocycles. The van der Waals surface area contributed by atoms with Crippen molar-refractivity contribution in [2.75, 3.05) is 31.6 Å². The van der Waals surface area contributed by atoms with E-state index in [0.717, 1.165) is 0 Å². The van der Waals surface area contributed by atoms with Gasteiger partial charge in [0.15, 0.2) is 6.61 Å². The average molecular weight is 320 g/mol. The van der Waals surface area contributed by atoms with Gasteiger partial charge in [0.05, 0.1) is 18.7 Å². The third kappa shape index (κ3) is 4.21. The van der Waals surface area contributed by atoms with Crippen molar-refractivity contribution in [2.24, 2.45) is 0 Å². The van der Waals surface area contributed by atoms with Gasteiger partial charge in [-0.3, -0.25) is 14.4 Å². The van der Waals surface area contributed by atoms with Gasteiger partial charge in [0, 0.05) is 18.7 Å². The van der Waals surface area contributed by atoms with Crippen LogP contribution in [0, 0.1) is 0 Å². The summed E-state index contributed by atoms with van der Waals surface area (Å²) in [4.78, 5) is 36.9. The highest BCUT2D eigenvalue weighted by Gasteiger charge is 2.20. The number of amides is 2. The highest BCUT2D eigenvalue weighted by molar-refractivity contribution is 5.99. The number of hydrogen-bond acceptors (Lipinski definition) is 5. The van der Waals surface area contributed by atoms with Crippen molar-refractivity contribution in [1.82, 2.24) is 4.90 Å². The van der Waals surface area contributed by atoms with Crippen molar-refractivity contribution < 1.29 is 23.9 Å². The van der Waals surface area contributed by atoms with Crippen molar-refractivity contribution in [3.63, 3.8) is 0 Å². The molecule has 0 unspecified atom stereocenters. The SMILES string of the molecule is CCOC(=O)CCN(CC)C(=O)c1ccc2c(c1)NC(=O)CO2. The molecule has 0 aromatic heterocycles. The first kappa shape index (κ1) is 16.8. The van der Waals surface area contributed by atoms with E-state index >= 15 is 0 Å². The number of nitrogens with one attached hydrogen (secondary N) is 1. The van der Waals surface area contributed by atoms with Crippen molar-refractivity contribution in [2.45, 2.75) is 20.3 Å². The van der Waals surface area contributed by atoms with Crippen molar-refractivity contribution in [1.29, 1.82) is 0 Å². The van der Waals surface area contributed by atoms with Gasteiger partial charge in [-0.05, 0) is 32.0 Å². The van der Waals surface area contributed by atoms with E-state index < -0.39 is 0 Å². The first-order valence-corrected chi connectivity index (χ1v) is 7.56. The molecule has 1 N–H and O–H groups in total. The molecule has 0 spiro atoms. The third-order valence-electron chi connectivity index (χ3n) is 3.42. The molecule has 0 radical (unpaired) electrons. The van der Waals surface area contributed by atoms with Crippen LogP contribution in [0.15, 0.2) is 18.2 Å². The summed E-state index contributed by atoms with van der Waals surface area (Å²) < 4.78 is 10.1. The van der Waals surface area contributed by atoms with E-state index in [9.17, 15) is 14.4 Å². The van der Waals surface area contributed by atoms with Crippen LogP contribution < -0.4 is 10.1 Å². The molecule has 2 rings (SSSR count). The lowest BCUT2D eigenvalue weighted by molar-refractivity contribution is -0.143. The molecule has 1 aliphatic rings. The number of fused-ring (bicyclic) bond motifs is 1. The number of hydrogen-bond donors (Lipinski definition) is 1. The molecule has 23 heavy (non-hydrogen) atoms. The Morgan fingerprint density at radius 2 is 2.13 bits per heavy atom. The topological polar surface area (TPSA) is 84.9 Å². The summed E-state index contributed by atoms with van der Waals surface area (Å²) in [6.45, 7) is 4.63. The molecule has 0 saturated heterocycles. The lowest BCUT2D eigenvalue weighted by Crippen LogP contribution is -2.33. The zero-order chi connectivity index (χ0) is 16.8. The molecule has 7 heteroatoms. The molecule has 1 heterocycles. The number of esters is 1. The van der Waals surface area contributed by atoms with Crippen LogP contribution in [0.1, 0.15) is 30.6 Å². The monoisotopic (exact) mass is 320 g/mol. The Bertz CT molecular complexity index is 614. The first-order chi connectivity index (χ1) is 11.0. The maximum Gasteiger partial charge on any atom is 0.307 e. The molecule has 124 valence electrons. The largest absolute Gasteiger partial charge is 0.482 e. The maximum absolute atomic E-state index is 12.5. The van der Waals surface area contributed by atoms with Gasteiger partial charge < -0.3 is 19.7 Å². The molecule has 1 aliphatic heterocycles. The zero-order valence-electron chi connectivity index (χ0n) is 13.3. The van der Waals surface area contributed by atoms with E-state index in [0.29, 0.717) is 30.2 Å².